The number of benzene rings is 3. The van der Waals surface area contributed by atoms with E-state index >= 15 is 0 Å². The third-order valence-corrected chi connectivity index (χ3v) is 8.70. The Balaban J connectivity index is 1.27. The van der Waals surface area contributed by atoms with Gasteiger partial charge in [0.1, 0.15) is 11.3 Å². The van der Waals surface area contributed by atoms with Crippen LogP contribution >= 0.6 is 0 Å². The lowest BCUT2D eigenvalue weighted by Gasteiger charge is -2.52. The van der Waals surface area contributed by atoms with Gasteiger partial charge in [0.25, 0.3) is 0 Å². The molecule has 3 heterocycles. The third-order valence-electron chi connectivity index (χ3n) is 8.70. The van der Waals surface area contributed by atoms with Crippen molar-refractivity contribution in [3.05, 3.63) is 96.6 Å². The lowest BCUT2D eigenvalue weighted by atomic mass is 9.60. The maximum atomic E-state index is 10.9. The van der Waals surface area contributed by atoms with Gasteiger partial charge in [-0.2, -0.15) is 0 Å². The molecule has 2 aliphatic rings. The van der Waals surface area contributed by atoms with Gasteiger partial charge in [0.2, 0.25) is 0 Å². The second-order valence-electron chi connectivity index (χ2n) is 11.5. The van der Waals surface area contributed by atoms with E-state index in [1.54, 1.807) is 12.1 Å². The second kappa shape index (κ2) is 8.67. The van der Waals surface area contributed by atoms with Crippen molar-refractivity contribution in [2.45, 2.75) is 36.8 Å². The molecule has 0 spiro atoms. The van der Waals surface area contributed by atoms with E-state index < -0.39 is 11.1 Å². The molecule has 2 aliphatic carbocycles. The van der Waals surface area contributed by atoms with Crippen LogP contribution in [0.3, 0.4) is 0 Å². The number of hydrogen-bond acceptors (Lipinski definition) is 7. The maximum absolute atomic E-state index is 10.9. The predicted octanol–water partition coefficient (Wildman–Crippen LogP) is 5.47. The summed E-state index contributed by atoms with van der Waals surface area (Å²) in [6.07, 6.45) is 3.40. The first-order valence-corrected chi connectivity index (χ1v) is 13.9. The monoisotopic (exact) mass is 540 g/mol. The zero-order valence-electron chi connectivity index (χ0n) is 22.3. The summed E-state index contributed by atoms with van der Waals surface area (Å²) in [6.45, 7) is 0. The molecule has 0 radical (unpaired) electrons. The number of phenols is 1. The Bertz CT molecular complexity index is 1940. The summed E-state index contributed by atoms with van der Waals surface area (Å²) in [5.41, 5.74) is 12.4. The Morgan fingerprint density at radius 1 is 0.756 bits per heavy atom. The minimum absolute atomic E-state index is 0.117. The minimum Gasteiger partial charge on any atom is -0.507 e. The molecule has 0 saturated heterocycles. The molecule has 202 valence electrons. The normalized spacial score (nSPS) is 22.2. The molecular weight excluding hydrogens is 512 g/mol. The number of phenolic OH excluding ortho intramolecular Hbond substituents is 1. The van der Waals surface area contributed by atoms with E-state index in [1.807, 2.05) is 71.1 Å². The molecule has 8 heteroatoms. The number of nitrogens with zero attached hydrogens (tertiary/aromatic N) is 5. The number of hydrogen-bond donors (Lipinski definition) is 3. The largest absolute Gasteiger partial charge is 0.507 e. The maximum Gasteiger partial charge on any atom is 0.173 e. The van der Waals surface area contributed by atoms with E-state index in [1.165, 1.54) is 0 Å². The molecule has 6 aromatic rings. The van der Waals surface area contributed by atoms with Gasteiger partial charge in [-0.15, -0.1) is 10.2 Å². The Labute approximate surface area is 236 Å². The van der Waals surface area contributed by atoms with Crippen molar-refractivity contribution >= 4 is 16.8 Å². The van der Waals surface area contributed by atoms with Crippen molar-refractivity contribution in [3.63, 3.8) is 0 Å². The average Bonchev–Trinajstić information content (AvgIpc) is 3.76. The first-order chi connectivity index (χ1) is 19.9. The Kier molecular flexibility index (Phi) is 5.11. The van der Waals surface area contributed by atoms with Gasteiger partial charge >= 0.3 is 0 Å². The highest BCUT2D eigenvalue weighted by atomic mass is 16.3. The number of aromatic hydroxyl groups is 1. The summed E-state index contributed by atoms with van der Waals surface area (Å²) in [6, 6.07) is 29.0. The fourth-order valence-electron chi connectivity index (χ4n) is 6.43. The number of nitrogens with two attached hydrogens (primary N) is 1. The lowest BCUT2D eigenvalue weighted by molar-refractivity contribution is -0.106. The van der Waals surface area contributed by atoms with Crippen LogP contribution in [0.25, 0.3) is 50.7 Å². The van der Waals surface area contributed by atoms with Crippen LogP contribution in [0.1, 0.15) is 31.2 Å². The van der Waals surface area contributed by atoms with Gasteiger partial charge in [-0.05, 0) is 61.4 Å². The van der Waals surface area contributed by atoms with E-state index in [4.69, 9.17) is 15.7 Å². The first-order valence-electron chi connectivity index (χ1n) is 13.9. The van der Waals surface area contributed by atoms with Crippen LogP contribution in [-0.2, 0) is 5.54 Å². The zero-order valence-corrected chi connectivity index (χ0v) is 22.3. The summed E-state index contributed by atoms with van der Waals surface area (Å²) in [5, 5.41) is 30.2. The molecule has 8 nitrogen and oxygen atoms in total. The quantitative estimate of drug-likeness (QED) is 0.265. The molecule has 3 aromatic heterocycles. The summed E-state index contributed by atoms with van der Waals surface area (Å²) < 4.78 is 1.84. The highest BCUT2D eigenvalue weighted by Gasteiger charge is 2.58. The van der Waals surface area contributed by atoms with Gasteiger partial charge in [-0.3, -0.25) is 4.40 Å². The molecule has 3 aromatic carbocycles. The lowest BCUT2D eigenvalue weighted by Crippen LogP contribution is -2.60. The topological polar surface area (TPSA) is 122 Å². The number of rotatable bonds is 5. The summed E-state index contributed by atoms with van der Waals surface area (Å²) >= 11 is 0. The molecule has 0 amide bonds. The predicted molar refractivity (Wildman–Crippen MR) is 157 cm³/mol. The fraction of sp³-hybridized carbons (Fsp3) is 0.212. The van der Waals surface area contributed by atoms with Crippen molar-refractivity contribution < 1.29 is 10.2 Å². The van der Waals surface area contributed by atoms with Crippen molar-refractivity contribution in [2.75, 3.05) is 0 Å². The second-order valence-corrected chi connectivity index (χ2v) is 11.5. The highest BCUT2D eigenvalue weighted by Crippen LogP contribution is 2.57. The molecule has 8 rings (SSSR count). The van der Waals surface area contributed by atoms with Crippen LogP contribution in [0.2, 0.25) is 0 Å². The molecule has 4 N–H and O–H groups in total. The first kappa shape index (κ1) is 24.2. The van der Waals surface area contributed by atoms with Crippen LogP contribution in [0.4, 0.5) is 0 Å². The van der Waals surface area contributed by atoms with Crippen LogP contribution in [0.5, 0.6) is 5.75 Å². The fourth-order valence-corrected chi connectivity index (χ4v) is 6.43. The third kappa shape index (κ3) is 3.83. The van der Waals surface area contributed by atoms with E-state index in [-0.39, 0.29) is 5.75 Å². The number of pyridine rings is 1. The van der Waals surface area contributed by atoms with Gasteiger partial charge in [0, 0.05) is 16.7 Å². The number of aromatic nitrogens is 5. The van der Waals surface area contributed by atoms with Gasteiger partial charge < -0.3 is 15.9 Å². The van der Waals surface area contributed by atoms with Crippen molar-refractivity contribution in [2.24, 2.45) is 11.7 Å². The summed E-state index contributed by atoms with van der Waals surface area (Å²) in [7, 11) is 0. The van der Waals surface area contributed by atoms with Crippen LogP contribution in [0, 0.1) is 5.92 Å². The number of para-hydroxylation sites is 1. The molecule has 0 atom stereocenters. The molecule has 41 heavy (non-hydrogen) atoms. The molecule has 0 aliphatic heterocycles. The van der Waals surface area contributed by atoms with Gasteiger partial charge in [-0.1, -0.05) is 66.7 Å². The minimum atomic E-state index is -0.610. The summed E-state index contributed by atoms with van der Waals surface area (Å²) in [4.78, 5) is 10.3. The Morgan fingerprint density at radius 2 is 1.44 bits per heavy atom. The molecular formula is C33H28N6O2. The SMILES string of the molecule is NC1(c2ccc(-c3nc4ccc5nnc(-c6ccccc6O)n5c4nc3-c3ccccc3)cc2)CC(O)(C2CC2)C1. The van der Waals surface area contributed by atoms with Crippen LogP contribution < -0.4 is 5.73 Å². The smallest absolute Gasteiger partial charge is 0.173 e. The van der Waals surface area contributed by atoms with E-state index in [9.17, 15) is 10.2 Å². The van der Waals surface area contributed by atoms with Gasteiger partial charge in [-0.25, -0.2) is 9.97 Å². The van der Waals surface area contributed by atoms with Crippen molar-refractivity contribution in [3.8, 4) is 39.7 Å². The van der Waals surface area contributed by atoms with Crippen LogP contribution in [-0.4, -0.2) is 40.4 Å². The molecule has 0 bridgehead atoms. The molecule has 2 saturated carbocycles. The van der Waals surface area contributed by atoms with Gasteiger partial charge in [0.15, 0.2) is 17.1 Å². The highest BCUT2D eigenvalue weighted by molar-refractivity contribution is 5.87. The molecule has 2 fully saturated rings. The summed E-state index contributed by atoms with van der Waals surface area (Å²) in [5.74, 6) is 1.02. The van der Waals surface area contributed by atoms with Crippen molar-refractivity contribution in [1.29, 1.82) is 0 Å². The Morgan fingerprint density at radius 3 is 2.17 bits per heavy atom. The van der Waals surface area contributed by atoms with E-state index in [0.29, 0.717) is 47.0 Å². The number of aliphatic hydroxyl groups is 1. The van der Waals surface area contributed by atoms with Gasteiger partial charge in [0.05, 0.1) is 22.6 Å². The van der Waals surface area contributed by atoms with Crippen molar-refractivity contribution in [1.82, 2.24) is 24.6 Å². The van der Waals surface area contributed by atoms with E-state index in [0.717, 1.165) is 40.9 Å². The standard InChI is InChI=1S/C33H28N6O2/c34-32(18-33(41,19-32)23-14-15-23)22-12-10-21(11-13-22)28-29(20-6-2-1-3-7-20)36-31-25(35-28)16-17-27-37-38-30(39(27)31)24-8-4-5-9-26(24)40/h1-13,16-17,23,40-41H,14-15,18-19,34H2. The average molecular weight is 541 g/mol. The molecule has 0 unspecified atom stereocenters. The van der Waals surface area contributed by atoms with Crippen LogP contribution in [0.15, 0.2) is 91.0 Å². The van der Waals surface area contributed by atoms with E-state index in [2.05, 4.69) is 22.3 Å². The Hall–Kier alpha value is -4.66. The number of fused-ring (bicyclic) bond motifs is 3. The zero-order chi connectivity index (χ0) is 27.8.